The van der Waals surface area contributed by atoms with Crippen LogP contribution in [0.3, 0.4) is 0 Å². The number of hydrogen-bond donors (Lipinski definition) is 1. The summed E-state index contributed by atoms with van der Waals surface area (Å²) < 4.78 is 5.19. The minimum atomic E-state index is 0.0632. The van der Waals surface area contributed by atoms with Gasteiger partial charge in [-0.25, -0.2) is 0 Å². The van der Waals surface area contributed by atoms with Gasteiger partial charge in [-0.1, -0.05) is 12.1 Å². The summed E-state index contributed by atoms with van der Waals surface area (Å²) >= 11 is 0. The summed E-state index contributed by atoms with van der Waals surface area (Å²) in [4.78, 5) is 12.4. The number of anilines is 1. The third-order valence-corrected chi connectivity index (χ3v) is 3.20. The van der Waals surface area contributed by atoms with E-state index in [1.807, 2.05) is 42.5 Å². The van der Waals surface area contributed by atoms with Gasteiger partial charge in [0.2, 0.25) is 0 Å². The topological polar surface area (TPSA) is 38.3 Å². The summed E-state index contributed by atoms with van der Waals surface area (Å²) in [6.07, 6.45) is 0. The summed E-state index contributed by atoms with van der Waals surface area (Å²) in [6, 6.07) is 13.2. The molecule has 1 N–H and O–H groups in total. The highest BCUT2D eigenvalue weighted by Gasteiger charge is 2.20. The van der Waals surface area contributed by atoms with Crippen LogP contribution in [0.5, 0.6) is 5.75 Å². The molecule has 3 nitrogen and oxygen atoms in total. The molecule has 1 aliphatic heterocycles. The zero-order chi connectivity index (χ0) is 12.5. The second-order valence-corrected chi connectivity index (χ2v) is 4.25. The first-order valence-corrected chi connectivity index (χ1v) is 5.84. The lowest BCUT2D eigenvalue weighted by Gasteiger charge is -2.07. The number of para-hydroxylation sites is 1. The van der Waals surface area contributed by atoms with E-state index in [0.29, 0.717) is 6.54 Å². The molecule has 1 aliphatic rings. The lowest BCUT2D eigenvalue weighted by Crippen LogP contribution is -2.03. The molecule has 90 valence electrons. The van der Waals surface area contributed by atoms with Crippen molar-refractivity contribution in [3.8, 4) is 5.75 Å². The first-order chi connectivity index (χ1) is 8.79. The van der Waals surface area contributed by atoms with E-state index in [9.17, 15) is 4.79 Å². The summed E-state index contributed by atoms with van der Waals surface area (Å²) in [5.74, 6) is 0.836. The molecule has 0 radical (unpaired) electrons. The average Bonchev–Trinajstić information content (AvgIpc) is 2.57. The normalized spacial score (nSPS) is 13.1. The van der Waals surface area contributed by atoms with Crippen LogP contribution in [-0.2, 0) is 6.54 Å². The van der Waals surface area contributed by atoms with Crippen LogP contribution in [0.1, 0.15) is 21.5 Å². The molecular weight excluding hydrogens is 226 g/mol. The number of carbonyl (C=O) groups excluding carboxylic acids is 1. The Balaban J connectivity index is 2.15. The summed E-state index contributed by atoms with van der Waals surface area (Å²) in [6.45, 7) is 0.634. The van der Waals surface area contributed by atoms with E-state index in [4.69, 9.17) is 4.74 Å². The van der Waals surface area contributed by atoms with Gasteiger partial charge in [0.1, 0.15) is 5.75 Å². The third-order valence-electron chi connectivity index (χ3n) is 3.20. The number of carbonyl (C=O) groups is 1. The molecule has 0 saturated carbocycles. The van der Waals surface area contributed by atoms with Crippen LogP contribution < -0.4 is 10.1 Å². The van der Waals surface area contributed by atoms with Gasteiger partial charge in [-0.3, -0.25) is 4.79 Å². The van der Waals surface area contributed by atoms with E-state index in [0.717, 1.165) is 28.1 Å². The number of rotatable bonds is 1. The minimum Gasteiger partial charge on any atom is -0.497 e. The Hall–Kier alpha value is -2.29. The highest BCUT2D eigenvalue weighted by Crippen LogP contribution is 2.28. The maximum absolute atomic E-state index is 12.4. The number of ether oxygens (including phenoxy) is 1. The molecular formula is C15H13NO2. The fourth-order valence-corrected chi connectivity index (χ4v) is 2.24. The first kappa shape index (κ1) is 10.8. The van der Waals surface area contributed by atoms with E-state index in [2.05, 4.69) is 5.32 Å². The molecule has 0 atom stereocenters. The fraction of sp³-hybridized carbons (Fsp3) is 0.133. The Kier molecular flexibility index (Phi) is 2.52. The van der Waals surface area contributed by atoms with Crippen LogP contribution in [0.4, 0.5) is 5.69 Å². The Bertz CT molecular complexity index is 620. The summed E-state index contributed by atoms with van der Waals surface area (Å²) in [5.41, 5.74) is 3.32. The van der Waals surface area contributed by atoms with Crippen molar-refractivity contribution in [1.29, 1.82) is 0 Å². The molecule has 1 heterocycles. The second-order valence-electron chi connectivity index (χ2n) is 4.25. The van der Waals surface area contributed by atoms with Crippen molar-refractivity contribution in [2.45, 2.75) is 6.54 Å². The zero-order valence-corrected chi connectivity index (χ0v) is 10.1. The molecule has 0 saturated heterocycles. The monoisotopic (exact) mass is 239 g/mol. The van der Waals surface area contributed by atoms with Crippen LogP contribution in [0.2, 0.25) is 0 Å². The molecule has 2 aromatic carbocycles. The van der Waals surface area contributed by atoms with Crippen molar-refractivity contribution < 1.29 is 9.53 Å². The maximum Gasteiger partial charge on any atom is 0.195 e. The molecule has 0 spiro atoms. The zero-order valence-electron chi connectivity index (χ0n) is 10.1. The van der Waals surface area contributed by atoms with E-state index >= 15 is 0 Å². The fourth-order valence-electron chi connectivity index (χ4n) is 2.24. The van der Waals surface area contributed by atoms with Gasteiger partial charge in [0.25, 0.3) is 0 Å². The minimum absolute atomic E-state index is 0.0632. The molecule has 0 fully saturated rings. The highest BCUT2D eigenvalue weighted by atomic mass is 16.5. The Morgan fingerprint density at radius 3 is 2.78 bits per heavy atom. The van der Waals surface area contributed by atoms with E-state index in [1.165, 1.54) is 0 Å². The van der Waals surface area contributed by atoms with Crippen LogP contribution in [0, 0.1) is 0 Å². The van der Waals surface area contributed by atoms with Crippen molar-refractivity contribution in [3.05, 3.63) is 59.2 Å². The van der Waals surface area contributed by atoms with E-state index in [1.54, 1.807) is 7.11 Å². The van der Waals surface area contributed by atoms with Gasteiger partial charge in [0.05, 0.1) is 7.11 Å². The predicted octanol–water partition coefficient (Wildman–Crippen LogP) is 2.85. The molecule has 2 aromatic rings. The average molecular weight is 239 g/mol. The van der Waals surface area contributed by atoms with Gasteiger partial charge in [-0.2, -0.15) is 0 Å². The SMILES string of the molecule is COc1ccc2c(c1)CNc1ccccc1C2=O. The largest absolute Gasteiger partial charge is 0.497 e. The Labute approximate surface area is 105 Å². The molecule has 0 amide bonds. The first-order valence-electron chi connectivity index (χ1n) is 5.84. The quantitative estimate of drug-likeness (QED) is 0.831. The lowest BCUT2D eigenvalue weighted by molar-refractivity contribution is 0.103. The van der Waals surface area contributed by atoms with Crippen molar-refractivity contribution >= 4 is 11.5 Å². The van der Waals surface area contributed by atoms with Crippen LogP contribution in [-0.4, -0.2) is 12.9 Å². The molecule has 18 heavy (non-hydrogen) atoms. The molecule has 0 aromatic heterocycles. The number of hydrogen-bond acceptors (Lipinski definition) is 3. The predicted molar refractivity (Wildman–Crippen MR) is 70.2 cm³/mol. The van der Waals surface area contributed by atoms with Crippen molar-refractivity contribution in [3.63, 3.8) is 0 Å². The van der Waals surface area contributed by atoms with Crippen LogP contribution in [0.25, 0.3) is 0 Å². The van der Waals surface area contributed by atoms with Crippen molar-refractivity contribution in [1.82, 2.24) is 0 Å². The smallest absolute Gasteiger partial charge is 0.195 e. The number of methoxy groups -OCH3 is 1. The molecule has 0 unspecified atom stereocenters. The molecule has 3 rings (SSSR count). The van der Waals surface area contributed by atoms with Gasteiger partial charge in [-0.05, 0) is 35.9 Å². The van der Waals surface area contributed by atoms with Gasteiger partial charge in [0.15, 0.2) is 5.78 Å². The van der Waals surface area contributed by atoms with E-state index in [-0.39, 0.29) is 5.78 Å². The standard InChI is InChI=1S/C15H13NO2/c1-18-11-6-7-12-10(8-11)9-16-14-5-3-2-4-13(14)15(12)17/h2-8,16H,9H2,1H3. The van der Waals surface area contributed by atoms with Crippen LogP contribution in [0.15, 0.2) is 42.5 Å². The number of benzene rings is 2. The highest BCUT2D eigenvalue weighted by molar-refractivity contribution is 6.13. The third kappa shape index (κ3) is 1.64. The maximum atomic E-state index is 12.4. The van der Waals surface area contributed by atoms with Gasteiger partial charge in [0, 0.05) is 23.4 Å². The number of nitrogens with one attached hydrogen (secondary N) is 1. The van der Waals surface area contributed by atoms with Crippen molar-refractivity contribution in [2.75, 3.05) is 12.4 Å². The van der Waals surface area contributed by atoms with Gasteiger partial charge in [-0.15, -0.1) is 0 Å². The lowest BCUT2D eigenvalue weighted by atomic mass is 9.99. The number of fused-ring (bicyclic) bond motifs is 2. The summed E-state index contributed by atoms with van der Waals surface area (Å²) in [7, 11) is 1.63. The van der Waals surface area contributed by atoms with Gasteiger partial charge >= 0.3 is 0 Å². The summed E-state index contributed by atoms with van der Waals surface area (Å²) in [5, 5.41) is 3.29. The molecule has 3 heteroatoms. The molecule has 0 bridgehead atoms. The Morgan fingerprint density at radius 1 is 1.11 bits per heavy atom. The van der Waals surface area contributed by atoms with Crippen molar-refractivity contribution in [2.24, 2.45) is 0 Å². The Morgan fingerprint density at radius 2 is 1.94 bits per heavy atom. The second kappa shape index (κ2) is 4.18. The molecule has 0 aliphatic carbocycles. The van der Waals surface area contributed by atoms with Gasteiger partial charge < -0.3 is 10.1 Å². The van der Waals surface area contributed by atoms with E-state index < -0.39 is 0 Å². The van der Waals surface area contributed by atoms with Crippen LogP contribution >= 0.6 is 0 Å². The number of ketones is 1.